The molecule has 0 aromatic heterocycles. The van der Waals surface area contributed by atoms with Crippen LogP contribution in [0.2, 0.25) is 0 Å². The quantitative estimate of drug-likeness (QED) is 0.506. The van der Waals surface area contributed by atoms with Gasteiger partial charge in [0.1, 0.15) is 5.75 Å². The summed E-state index contributed by atoms with van der Waals surface area (Å²) in [5.74, 6) is 2.97. The van der Waals surface area contributed by atoms with Crippen LogP contribution in [0.25, 0.3) is 0 Å². The highest BCUT2D eigenvalue weighted by molar-refractivity contribution is 5.44. The fourth-order valence-electron chi connectivity index (χ4n) is 5.59. The Bertz CT molecular complexity index is 1010. The van der Waals surface area contributed by atoms with E-state index in [1.807, 2.05) is 0 Å². The van der Waals surface area contributed by atoms with Gasteiger partial charge in [-0.15, -0.1) is 0 Å². The summed E-state index contributed by atoms with van der Waals surface area (Å²) in [5, 5.41) is 3.90. The molecule has 4 atom stereocenters. The first kappa shape index (κ1) is 21.2. The van der Waals surface area contributed by atoms with Gasteiger partial charge in [0.15, 0.2) is 0 Å². The number of aryl methyl sites for hydroxylation is 1. The van der Waals surface area contributed by atoms with Gasteiger partial charge in [-0.2, -0.15) is 0 Å². The number of methoxy groups -OCH3 is 1. The first-order chi connectivity index (χ1) is 15.7. The lowest BCUT2D eigenvalue weighted by molar-refractivity contribution is 0.282. The number of likely N-dealkylation sites (tertiary alicyclic amines) is 1. The van der Waals surface area contributed by atoms with E-state index in [-0.39, 0.29) is 0 Å². The van der Waals surface area contributed by atoms with Crippen molar-refractivity contribution in [2.75, 3.05) is 26.7 Å². The molecule has 1 saturated carbocycles. The molecule has 5 rings (SSSR count). The summed E-state index contributed by atoms with van der Waals surface area (Å²) in [7, 11) is 1.78. The van der Waals surface area contributed by atoms with Crippen LogP contribution in [-0.2, 0) is 6.54 Å². The summed E-state index contributed by atoms with van der Waals surface area (Å²) in [6.07, 6.45) is 1.08. The summed E-state index contributed by atoms with van der Waals surface area (Å²) < 4.78 is 5.74. The van der Waals surface area contributed by atoms with Gasteiger partial charge in [-0.1, -0.05) is 78.4 Å². The average molecular weight is 427 g/mol. The van der Waals surface area contributed by atoms with Crippen molar-refractivity contribution in [3.63, 3.8) is 0 Å². The number of fused-ring (bicyclic) bond motifs is 1. The molecule has 1 N–H and O–H groups in total. The molecule has 1 aliphatic heterocycles. The maximum atomic E-state index is 5.74. The third kappa shape index (κ3) is 4.60. The molecule has 0 amide bonds. The largest absolute Gasteiger partial charge is 0.496 e. The summed E-state index contributed by atoms with van der Waals surface area (Å²) in [4.78, 5) is 2.62. The predicted octanol–water partition coefficient (Wildman–Crippen LogP) is 5.25. The lowest BCUT2D eigenvalue weighted by Crippen LogP contribution is -2.32. The molecule has 0 radical (unpaired) electrons. The zero-order valence-electron chi connectivity index (χ0n) is 19.2. The molecule has 3 aromatic carbocycles. The summed E-state index contributed by atoms with van der Waals surface area (Å²) in [6.45, 7) is 6.74. The van der Waals surface area contributed by atoms with E-state index in [1.165, 1.54) is 35.3 Å². The highest BCUT2D eigenvalue weighted by atomic mass is 16.5. The van der Waals surface area contributed by atoms with E-state index in [0.29, 0.717) is 12.0 Å². The molecule has 32 heavy (non-hydrogen) atoms. The van der Waals surface area contributed by atoms with Gasteiger partial charge in [0.2, 0.25) is 0 Å². The molecule has 3 aromatic rings. The number of rotatable bonds is 9. The number of piperidine rings is 1. The molecule has 3 heteroatoms. The van der Waals surface area contributed by atoms with E-state index in [0.717, 1.165) is 37.1 Å². The van der Waals surface area contributed by atoms with Crippen molar-refractivity contribution in [2.45, 2.75) is 31.8 Å². The smallest absolute Gasteiger partial charge is 0.122 e. The first-order valence-corrected chi connectivity index (χ1v) is 11.9. The minimum atomic E-state index is 0.340. The lowest BCUT2D eigenvalue weighted by Gasteiger charge is -2.23. The van der Waals surface area contributed by atoms with Crippen molar-refractivity contribution in [1.82, 2.24) is 10.2 Å². The third-order valence-electron chi connectivity index (χ3n) is 7.29. The average Bonchev–Trinajstić information content (AvgIpc) is 3.27. The lowest BCUT2D eigenvalue weighted by atomic mass is 9.87. The van der Waals surface area contributed by atoms with Gasteiger partial charge in [-0.05, 0) is 48.9 Å². The van der Waals surface area contributed by atoms with Gasteiger partial charge in [-0.25, -0.2) is 0 Å². The van der Waals surface area contributed by atoms with Crippen LogP contribution in [0.15, 0.2) is 78.9 Å². The third-order valence-corrected chi connectivity index (χ3v) is 7.29. The number of nitrogens with zero attached hydrogens (tertiary/aromatic N) is 1. The molecule has 3 nitrogen and oxygen atoms in total. The number of ether oxygens (including phenoxy) is 1. The Kier molecular flexibility index (Phi) is 6.29. The maximum absolute atomic E-state index is 5.74. The second kappa shape index (κ2) is 9.48. The normalized spacial score (nSPS) is 23.0. The van der Waals surface area contributed by atoms with Crippen molar-refractivity contribution < 1.29 is 4.74 Å². The summed E-state index contributed by atoms with van der Waals surface area (Å²) in [5.41, 5.74) is 5.37. The van der Waals surface area contributed by atoms with Crippen LogP contribution < -0.4 is 10.1 Å². The highest BCUT2D eigenvalue weighted by Crippen LogP contribution is 2.46. The Morgan fingerprint density at radius 2 is 1.62 bits per heavy atom. The molecule has 0 spiro atoms. The van der Waals surface area contributed by atoms with Crippen molar-refractivity contribution in [3.05, 3.63) is 101 Å². The number of hydrogen-bond acceptors (Lipinski definition) is 3. The Morgan fingerprint density at radius 3 is 2.31 bits per heavy atom. The molecule has 0 bridgehead atoms. The molecule has 1 aliphatic carbocycles. The van der Waals surface area contributed by atoms with E-state index in [1.54, 1.807) is 7.11 Å². The van der Waals surface area contributed by atoms with E-state index in [2.05, 4.69) is 96.0 Å². The SMILES string of the molecule is COc1ccc(C)cc1C(CCNC1[C@H]2CN(Cc3ccccc3)C[C@@H]12)c1ccccc1. The molecule has 2 fully saturated rings. The Balaban J connectivity index is 1.19. The second-order valence-electron chi connectivity index (χ2n) is 9.48. The van der Waals surface area contributed by atoms with Crippen LogP contribution >= 0.6 is 0 Å². The fraction of sp³-hybridized carbons (Fsp3) is 0.379. The van der Waals surface area contributed by atoms with E-state index in [4.69, 9.17) is 4.74 Å². The zero-order valence-corrected chi connectivity index (χ0v) is 19.2. The Labute approximate surface area is 192 Å². The predicted molar refractivity (Wildman–Crippen MR) is 131 cm³/mol. The number of nitrogens with one attached hydrogen (secondary N) is 1. The first-order valence-electron chi connectivity index (χ1n) is 11.9. The molecule has 1 heterocycles. The van der Waals surface area contributed by atoms with Crippen molar-refractivity contribution in [2.24, 2.45) is 11.8 Å². The maximum Gasteiger partial charge on any atom is 0.122 e. The van der Waals surface area contributed by atoms with Crippen LogP contribution in [0, 0.1) is 18.8 Å². The minimum absolute atomic E-state index is 0.340. The Morgan fingerprint density at radius 1 is 0.938 bits per heavy atom. The van der Waals surface area contributed by atoms with E-state index < -0.39 is 0 Å². The van der Waals surface area contributed by atoms with Crippen LogP contribution in [0.4, 0.5) is 0 Å². The number of benzene rings is 3. The fourth-order valence-corrected chi connectivity index (χ4v) is 5.59. The van der Waals surface area contributed by atoms with Crippen LogP contribution in [0.1, 0.15) is 34.6 Å². The number of hydrogen-bond donors (Lipinski definition) is 1. The monoisotopic (exact) mass is 426 g/mol. The Hall–Kier alpha value is -2.62. The van der Waals surface area contributed by atoms with Crippen LogP contribution in [-0.4, -0.2) is 37.7 Å². The van der Waals surface area contributed by atoms with Crippen molar-refractivity contribution in [1.29, 1.82) is 0 Å². The van der Waals surface area contributed by atoms with Gasteiger partial charge >= 0.3 is 0 Å². The van der Waals surface area contributed by atoms with Gasteiger partial charge in [0.05, 0.1) is 7.11 Å². The van der Waals surface area contributed by atoms with Crippen LogP contribution in [0.5, 0.6) is 5.75 Å². The van der Waals surface area contributed by atoms with Crippen LogP contribution in [0.3, 0.4) is 0 Å². The van der Waals surface area contributed by atoms with E-state index in [9.17, 15) is 0 Å². The molecule has 2 aliphatic rings. The van der Waals surface area contributed by atoms with Gasteiger partial charge in [0.25, 0.3) is 0 Å². The summed E-state index contributed by atoms with van der Waals surface area (Å²) in [6, 6.07) is 29.0. The van der Waals surface area contributed by atoms with Crippen molar-refractivity contribution >= 4 is 0 Å². The molecule has 2 unspecified atom stereocenters. The zero-order chi connectivity index (χ0) is 21.9. The van der Waals surface area contributed by atoms with Crippen molar-refractivity contribution in [3.8, 4) is 5.75 Å². The minimum Gasteiger partial charge on any atom is -0.496 e. The molecule has 1 saturated heterocycles. The molecular weight excluding hydrogens is 392 g/mol. The van der Waals surface area contributed by atoms with Gasteiger partial charge in [-0.3, -0.25) is 4.90 Å². The topological polar surface area (TPSA) is 24.5 Å². The highest BCUT2D eigenvalue weighted by Gasteiger charge is 2.55. The van der Waals surface area contributed by atoms with Gasteiger partial charge in [0, 0.05) is 37.2 Å². The second-order valence-corrected chi connectivity index (χ2v) is 9.48. The van der Waals surface area contributed by atoms with E-state index >= 15 is 0 Å². The molecule has 166 valence electrons. The standard InChI is InChI=1S/C29H34N2O/c1-21-13-14-28(32-2)25(17-21)24(23-11-7-4-8-12-23)15-16-30-29-26-19-31(20-27(26)29)18-22-9-5-3-6-10-22/h3-14,17,24,26-27,29-30H,15-16,18-20H2,1-2H3/t24?,26-,27+,29?. The van der Waals surface area contributed by atoms with Gasteiger partial charge < -0.3 is 10.1 Å². The summed E-state index contributed by atoms with van der Waals surface area (Å²) >= 11 is 0. The molecular formula is C29H34N2O.